The number of aromatic nitrogens is 1. The van der Waals surface area contributed by atoms with Gasteiger partial charge in [-0.3, -0.25) is 19.7 Å². The Morgan fingerprint density at radius 1 is 1.21 bits per heavy atom. The van der Waals surface area contributed by atoms with Crippen LogP contribution >= 0.6 is 0 Å². The maximum absolute atomic E-state index is 12.8. The summed E-state index contributed by atoms with van der Waals surface area (Å²) in [6.45, 7) is 1.61. The summed E-state index contributed by atoms with van der Waals surface area (Å²) in [4.78, 5) is 36.5. The number of aldehydes is 1. The highest BCUT2D eigenvalue weighted by Gasteiger charge is 2.18. The van der Waals surface area contributed by atoms with Gasteiger partial charge in [0.1, 0.15) is 18.5 Å². The number of carbonyl (C=O) groups excluding carboxylic acids is 2. The van der Waals surface area contributed by atoms with Gasteiger partial charge in [0.05, 0.1) is 11.8 Å². The summed E-state index contributed by atoms with van der Waals surface area (Å²) >= 11 is 0. The minimum atomic E-state index is -3.85. The van der Waals surface area contributed by atoms with Crippen molar-refractivity contribution in [2.24, 2.45) is 5.73 Å². The highest BCUT2D eigenvalue weighted by atomic mass is 32.2. The number of pyridine rings is 1. The number of nitrogens with one attached hydrogen (secondary N) is 4. The Kier molecular flexibility index (Phi) is 9.16. The van der Waals surface area contributed by atoms with Crippen molar-refractivity contribution < 1.29 is 18.0 Å². The zero-order valence-electron chi connectivity index (χ0n) is 18.2. The number of nitrogens with zero attached hydrogens (tertiary/aromatic N) is 1. The third-order valence-electron chi connectivity index (χ3n) is 4.68. The lowest BCUT2D eigenvalue weighted by atomic mass is 10.1. The first kappa shape index (κ1) is 25.6. The zero-order chi connectivity index (χ0) is 24.4. The van der Waals surface area contributed by atoms with Crippen LogP contribution in [0.4, 0.5) is 5.69 Å². The van der Waals surface area contributed by atoms with Gasteiger partial charge in [-0.05, 0) is 37.5 Å². The number of aryl methyl sites for hydroxylation is 1. The van der Waals surface area contributed by atoms with Crippen LogP contribution in [-0.4, -0.2) is 43.7 Å². The molecule has 1 heterocycles. The molecule has 178 valence electrons. The number of anilines is 1. The van der Waals surface area contributed by atoms with Crippen molar-refractivity contribution >= 4 is 33.9 Å². The zero-order valence-corrected chi connectivity index (χ0v) is 19.0. The molecule has 0 unspecified atom stereocenters. The lowest BCUT2D eigenvalue weighted by Crippen LogP contribution is -2.41. The third kappa shape index (κ3) is 8.41. The molecule has 0 aliphatic heterocycles. The van der Waals surface area contributed by atoms with Crippen LogP contribution in [0.15, 0.2) is 47.3 Å². The summed E-state index contributed by atoms with van der Waals surface area (Å²) in [5.41, 5.74) is 5.36. The van der Waals surface area contributed by atoms with Gasteiger partial charge in [0.25, 0.3) is 5.56 Å². The lowest BCUT2D eigenvalue weighted by molar-refractivity contribution is -0.124. The van der Waals surface area contributed by atoms with E-state index in [1.54, 1.807) is 37.3 Å². The smallest absolute Gasteiger partial charge is 0.275 e. The van der Waals surface area contributed by atoms with Gasteiger partial charge in [0, 0.05) is 12.2 Å². The average Bonchev–Trinajstić information content (AvgIpc) is 2.75. The van der Waals surface area contributed by atoms with Crippen LogP contribution < -0.4 is 26.6 Å². The van der Waals surface area contributed by atoms with E-state index in [0.717, 1.165) is 4.57 Å². The lowest BCUT2D eigenvalue weighted by Gasteiger charge is -2.16. The Labute approximate surface area is 191 Å². The molecule has 0 aliphatic rings. The van der Waals surface area contributed by atoms with Crippen molar-refractivity contribution in [3.8, 4) is 0 Å². The molecule has 0 bridgehead atoms. The van der Waals surface area contributed by atoms with E-state index in [0.29, 0.717) is 36.9 Å². The number of guanidine groups is 1. The minimum Gasteiger partial charge on any atom is -0.370 e. The first-order chi connectivity index (χ1) is 15.6. The van der Waals surface area contributed by atoms with Crippen LogP contribution in [0.1, 0.15) is 24.1 Å². The van der Waals surface area contributed by atoms with Crippen molar-refractivity contribution in [2.45, 2.75) is 38.1 Å². The van der Waals surface area contributed by atoms with Crippen LogP contribution in [0.3, 0.4) is 0 Å². The molecule has 0 fully saturated rings. The number of rotatable bonds is 12. The van der Waals surface area contributed by atoms with Crippen molar-refractivity contribution in [1.82, 2.24) is 15.2 Å². The number of nitrogens with two attached hydrogens (primary N) is 1. The monoisotopic (exact) mass is 476 g/mol. The fraction of sp³-hybridized carbons (Fsp3) is 0.333. The van der Waals surface area contributed by atoms with Crippen LogP contribution in [0.25, 0.3) is 0 Å². The highest BCUT2D eigenvalue weighted by Crippen LogP contribution is 2.10. The van der Waals surface area contributed by atoms with E-state index in [1.807, 2.05) is 0 Å². The summed E-state index contributed by atoms with van der Waals surface area (Å²) in [5, 5.41) is 12.2. The molecule has 33 heavy (non-hydrogen) atoms. The highest BCUT2D eigenvalue weighted by molar-refractivity contribution is 7.91. The average molecular weight is 477 g/mol. The second-order valence-corrected chi connectivity index (χ2v) is 9.14. The first-order valence-corrected chi connectivity index (χ1v) is 11.8. The van der Waals surface area contributed by atoms with Crippen LogP contribution in [-0.2, 0) is 31.9 Å². The SMILES string of the molecule is Cc1ccc(NS(=O)(=O)Cc2ccccc2)c(=O)n1CC(=O)N[C@H](C=O)CCCNC(=N)N. The molecule has 0 aliphatic carbocycles. The Hall–Kier alpha value is -3.67. The molecule has 2 rings (SSSR count). The maximum atomic E-state index is 12.8. The molecular weight excluding hydrogens is 448 g/mol. The molecular formula is C21H28N6O5S. The first-order valence-electron chi connectivity index (χ1n) is 10.2. The summed E-state index contributed by atoms with van der Waals surface area (Å²) in [6.07, 6.45) is 1.40. The van der Waals surface area contributed by atoms with E-state index < -0.39 is 27.5 Å². The van der Waals surface area contributed by atoms with Gasteiger partial charge in [-0.15, -0.1) is 0 Å². The second kappa shape index (κ2) is 11.8. The summed E-state index contributed by atoms with van der Waals surface area (Å²) in [7, 11) is -3.85. The fourth-order valence-corrected chi connectivity index (χ4v) is 4.25. The van der Waals surface area contributed by atoms with Gasteiger partial charge >= 0.3 is 0 Å². The molecule has 6 N–H and O–H groups in total. The van der Waals surface area contributed by atoms with Crippen LogP contribution in [0, 0.1) is 12.3 Å². The largest absolute Gasteiger partial charge is 0.370 e. The molecule has 0 spiro atoms. The molecule has 1 amide bonds. The van der Waals surface area contributed by atoms with Gasteiger partial charge < -0.3 is 25.7 Å². The van der Waals surface area contributed by atoms with E-state index >= 15 is 0 Å². The fourth-order valence-electron chi connectivity index (χ4n) is 3.06. The second-order valence-electron chi connectivity index (χ2n) is 7.42. The Balaban J connectivity index is 2.06. The molecule has 12 heteroatoms. The molecule has 2 aromatic rings. The molecule has 0 saturated carbocycles. The van der Waals surface area contributed by atoms with Crippen molar-refractivity contribution in [2.75, 3.05) is 11.3 Å². The summed E-state index contributed by atoms with van der Waals surface area (Å²) in [6, 6.07) is 10.6. The number of sulfonamides is 1. The van der Waals surface area contributed by atoms with E-state index in [1.165, 1.54) is 12.1 Å². The molecule has 1 aromatic carbocycles. The number of amides is 1. The van der Waals surface area contributed by atoms with E-state index in [2.05, 4.69) is 15.4 Å². The predicted molar refractivity (Wildman–Crippen MR) is 125 cm³/mol. The molecule has 1 atom stereocenters. The van der Waals surface area contributed by atoms with Gasteiger partial charge in [-0.2, -0.15) is 0 Å². The maximum Gasteiger partial charge on any atom is 0.275 e. The van der Waals surface area contributed by atoms with E-state index in [9.17, 15) is 22.8 Å². The van der Waals surface area contributed by atoms with Crippen molar-refractivity contribution in [3.63, 3.8) is 0 Å². The topological polar surface area (TPSA) is 176 Å². The van der Waals surface area contributed by atoms with Gasteiger partial charge in [-0.25, -0.2) is 8.42 Å². The third-order valence-corrected chi connectivity index (χ3v) is 5.92. The van der Waals surface area contributed by atoms with Crippen LogP contribution in [0.5, 0.6) is 0 Å². The van der Waals surface area contributed by atoms with E-state index in [4.69, 9.17) is 11.1 Å². The quantitative estimate of drug-likeness (QED) is 0.124. The standard InChI is InChI=1S/C21H28N6O5S/c1-15-9-10-18(26-33(31,32)14-16-6-3-2-4-7-16)20(30)27(15)12-19(29)25-17(13-28)8-5-11-24-21(22)23/h2-4,6-7,9-10,13,17,26H,5,8,11-12,14H2,1H3,(H,25,29)(H4,22,23,24)/t17-/m0/s1. The Bertz CT molecular complexity index is 1150. The van der Waals surface area contributed by atoms with Crippen molar-refractivity contribution in [1.29, 1.82) is 5.41 Å². The molecule has 11 nitrogen and oxygen atoms in total. The molecule has 0 radical (unpaired) electrons. The normalized spacial score (nSPS) is 11.9. The van der Waals surface area contributed by atoms with Gasteiger partial charge in [0.15, 0.2) is 5.96 Å². The number of hydrogen-bond acceptors (Lipinski definition) is 6. The van der Waals surface area contributed by atoms with Crippen molar-refractivity contribution in [3.05, 3.63) is 64.1 Å². The Morgan fingerprint density at radius 2 is 1.91 bits per heavy atom. The van der Waals surface area contributed by atoms with Gasteiger partial charge in [0.2, 0.25) is 15.9 Å². The predicted octanol–water partition coefficient (Wildman–Crippen LogP) is 0.0456. The number of carbonyl (C=O) groups is 2. The minimum absolute atomic E-state index is 0.174. The molecule has 1 aromatic heterocycles. The van der Waals surface area contributed by atoms with Crippen LogP contribution in [0.2, 0.25) is 0 Å². The number of hydrogen-bond donors (Lipinski definition) is 5. The molecule has 0 saturated heterocycles. The van der Waals surface area contributed by atoms with Gasteiger partial charge in [-0.1, -0.05) is 30.3 Å². The van der Waals surface area contributed by atoms with E-state index in [-0.39, 0.29) is 23.9 Å². The number of benzene rings is 1. The Morgan fingerprint density at radius 3 is 2.55 bits per heavy atom. The summed E-state index contributed by atoms with van der Waals surface area (Å²) < 4.78 is 28.4. The summed E-state index contributed by atoms with van der Waals surface area (Å²) in [5.74, 6) is -1.06.